The lowest BCUT2D eigenvalue weighted by atomic mass is 10.2. The molecule has 0 aromatic carbocycles. The number of ether oxygens (including phenoxy) is 2. The number of rotatable bonds is 8. The Morgan fingerprint density at radius 3 is 2.64 bits per heavy atom. The molecule has 1 aromatic heterocycles. The van der Waals surface area contributed by atoms with Crippen LogP contribution in [0.3, 0.4) is 0 Å². The summed E-state index contributed by atoms with van der Waals surface area (Å²) in [6.07, 6.45) is 0.867. The zero-order chi connectivity index (χ0) is 18.3. The molecule has 1 aliphatic rings. The quantitative estimate of drug-likeness (QED) is 0.425. The van der Waals surface area contributed by atoms with Gasteiger partial charge >= 0.3 is 0 Å². The SMILES string of the molecule is CC1(CC(=O)NNC(=O)[C@H](CC(=O)[O-])[NH2+]Cc2ccco2)OCCO1. The monoisotopic (exact) mass is 355 g/mol. The van der Waals surface area contributed by atoms with Crippen LogP contribution >= 0.6 is 0 Å². The fraction of sp³-hybridized carbons (Fsp3) is 0.533. The molecule has 4 N–H and O–H groups in total. The molecular weight excluding hydrogens is 334 g/mol. The Labute approximate surface area is 143 Å². The number of aliphatic carboxylic acids is 1. The molecule has 10 nitrogen and oxygen atoms in total. The van der Waals surface area contributed by atoms with Crippen LogP contribution in [0.1, 0.15) is 25.5 Å². The first-order valence-electron chi connectivity index (χ1n) is 7.80. The van der Waals surface area contributed by atoms with Crippen molar-refractivity contribution in [2.45, 2.75) is 38.1 Å². The zero-order valence-corrected chi connectivity index (χ0v) is 13.8. The van der Waals surface area contributed by atoms with Gasteiger partial charge in [0.15, 0.2) is 17.6 Å². The van der Waals surface area contributed by atoms with Gasteiger partial charge in [-0.3, -0.25) is 20.4 Å². The third kappa shape index (κ3) is 6.18. The van der Waals surface area contributed by atoms with Crippen LogP contribution in [0.25, 0.3) is 0 Å². The van der Waals surface area contributed by atoms with Crippen LogP contribution < -0.4 is 21.3 Å². The molecule has 1 fully saturated rings. The zero-order valence-electron chi connectivity index (χ0n) is 13.8. The maximum absolute atomic E-state index is 12.1. The fourth-order valence-corrected chi connectivity index (χ4v) is 2.37. The second-order valence-corrected chi connectivity index (χ2v) is 5.75. The van der Waals surface area contributed by atoms with Crippen LogP contribution in [-0.4, -0.2) is 42.8 Å². The van der Waals surface area contributed by atoms with Crippen molar-refractivity contribution in [1.82, 2.24) is 10.9 Å². The summed E-state index contributed by atoms with van der Waals surface area (Å²) in [5.74, 6) is -2.99. The molecule has 0 aliphatic carbocycles. The molecule has 0 saturated carbocycles. The van der Waals surface area contributed by atoms with Crippen LogP contribution in [0.4, 0.5) is 0 Å². The number of carbonyl (C=O) groups excluding carboxylic acids is 3. The number of furan rings is 1. The first kappa shape index (κ1) is 18.9. The van der Waals surface area contributed by atoms with Crippen molar-refractivity contribution >= 4 is 17.8 Å². The molecule has 1 aromatic rings. The number of hydrogen-bond donors (Lipinski definition) is 3. The van der Waals surface area contributed by atoms with Crippen LogP contribution in [0.15, 0.2) is 22.8 Å². The minimum absolute atomic E-state index is 0.103. The number of carboxylic acid groups (broad SMARTS) is 1. The summed E-state index contributed by atoms with van der Waals surface area (Å²) in [6.45, 7) is 2.68. The standard InChI is InChI=1S/C15H21N3O7/c1-15(24-5-6-25-15)8-12(19)17-18-14(22)11(7-13(20)21)16-9-10-3-2-4-23-10/h2-4,11,16H,5-9H2,1H3,(H,17,19)(H,18,22)(H,20,21)/t11-/m0/s1. The highest BCUT2D eigenvalue weighted by molar-refractivity contribution is 5.86. The van der Waals surface area contributed by atoms with Gasteiger partial charge in [-0.1, -0.05) is 0 Å². The average Bonchev–Trinajstić information content (AvgIpc) is 3.20. The molecule has 1 saturated heterocycles. The second kappa shape index (κ2) is 8.60. The Kier molecular flexibility index (Phi) is 6.51. The molecule has 25 heavy (non-hydrogen) atoms. The summed E-state index contributed by atoms with van der Waals surface area (Å²) < 4.78 is 15.7. The highest BCUT2D eigenvalue weighted by atomic mass is 16.7. The van der Waals surface area contributed by atoms with Crippen molar-refractivity contribution in [3.63, 3.8) is 0 Å². The van der Waals surface area contributed by atoms with Crippen LogP contribution in [0.2, 0.25) is 0 Å². The van der Waals surface area contributed by atoms with E-state index in [0.29, 0.717) is 19.0 Å². The molecule has 0 spiro atoms. The van der Waals surface area contributed by atoms with Crippen LogP contribution in [-0.2, 0) is 30.4 Å². The first-order valence-corrected chi connectivity index (χ1v) is 7.80. The van der Waals surface area contributed by atoms with Gasteiger partial charge in [0.1, 0.15) is 6.54 Å². The van der Waals surface area contributed by atoms with E-state index in [9.17, 15) is 19.5 Å². The van der Waals surface area contributed by atoms with Gasteiger partial charge in [0.05, 0.1) is 25.9 Å². The van der Waals surface area contributed by atoms with E-state index in [2.05, 4.69) is 10.9 Å². The van der Waals surface area contributed by atoms with Crippen molar-refractivity contribution in [3.05, 3.63) is 24.2 Å². The summed E-state index contributed by atoms with van der Waals surface area (Å²) in [4.78, 5) is 34.8. The molecule has 138 valence electrons. The van der Waals surface area contributed by atoms with Crippen LogP contribution in [0, 0.1) is 0 Å². The van der Waals surface area contributed by atoms with Crippen molar-refractivity contribution in [2.75, 3.05) is 13.2 Å². The summed E-state index contributed by atoms with van der Waals surface area (Å²) >= 11 is 0. The van der Waals surface area contributed by atoms with Gasteiger partial charge in [-0.15, -0.1) is 0 Å². The number of nitrogens with two attached hydrogens (primary N) is 1. The topological polar surface area (TPSA) is 147 Å². The van der Waals surface area contributed by atoms with E-state index >= 15 is 0 Å². The van der Waals surface area contributed by atoms with Gasteiger partial charge < -0.3 is 29.1 Å². The molecule has 2 heterocycles. The fourth-order valence-electron chi connectivity index (χ4n) is 2.37. The van der Waals surface area contributed by atoms with E-state index < -0.39 is 36.0 Å². The smallest absolute Gasteiger partial charge is 0.296 e. The highest BCUT2D eigenvalue weighted by Crippen LogP contribution is 2.21. The number of carboxylic acids is 1. The lowest BCUT2D eigenvalue weighted by molar-refractivity contribution is -0.693. The molecule has 0 unspecified atom stereocenters. The normalized spacial score (nSPS) is 17.0. The number of carbonyl (C=O) groups is 3. The van der Waals surface area contributed by atoms with Gasteiger partial charge in [0.2, 0.25) is 5.91 Å². The minimum atomic E-state index is -1.37. The van der Waals surface area contributed by atoms with Crippen molar-refractivity contribution < 1.29 is 38.7 Å². The molecule has 0 radical (unpaired) electrons. The Bertz CT molecular complexity index is 596. The Hall–Kier alpha value is -2.43. The van der Waals surface area contributed by atoms with Crippen molar-refractivity contribution in [2.24, 2.45) is 0 Å². The van der Waals surface area contributed by atoms with E-state index in [-0.39, 0.29) is 13.0 Å². The van der Waals surface area contributed by atoms with Crippen LogP contribution in [0.5, 0.6) is 0 Å². The maximum atomic E-state index is 12.1. The molecule has 10 heteroatoms. The Morgan fingerprint density at radius 2 is 2.04 bits per heavy atom. The number of quaternary nitrogens is 1. The maximum Gasteiger partial charge on any atom is 0.296 e. The van der Waals surface area contributed by atoms with Crippen molar-refractivity contribution in [1.29, 1.82) is 0 Å². The lowest BCUT2D eigenvalue weighted by Gasteiger charge is -2.22. The third-order valence-corrected chi connectivity index (χ3v) is 3.61. The minimum Gasteiger partial charge on any atom is -0.550 e. The Morgan fingerprint density at radius 1 is 1.32 bits per heavy atom. The van der Waals surface area contributed by atoms with Gasteiger partial charge in [0.25, 0.3) is 5.91 Å². The molecule has 1 aliphatic heterocycles. The second-order valence-electron chi connectivity index (χ2n) is 5.75. The summed E-state index contributed by atoms with van der Waals surface area (Å²) in [6, 6.07) is 2.41. The van der Waals surface area contributed by atoms with E-state index in [1.54, 1.807) is 19.1 Å². The van der Waals surface area contributed by atoms with E-state index in [1.165, 1.54) is 11.6 Å². The van der Waals surface area contributed by atoms with E-state index in [1.807, 2.05) is 0 Å². The summed E-state index contributed by atoms with van der Waals surface area (Å²) in [5.41, 5.74) is 4.43. The van der Waals surface area contributed by atoms with Gasteiger partial charge in [-0.05, 0) is 19.1 Å². The largest absolute Gasteiger partial charge is 0.550 e. The van der Waals surface area contributed by atoms with E-state index in [0.717, 1.165) is 0 Å². The average molecular weight is 355 g/mol. The predicted molar refractivity (Wildman–Crippen MR) is 79.0 cm³/mol. The summed E-state index contributed by atoms with van der Waals surface area (Å²) in [5, 5.41) is 12.3. The number of amides is 2. The van der Waals surface area contributed by atoms with Crippen molar-refractivity contribution in [3.8, 4) is 0 Å². The Balaban J connectivity index is 1.81. The number of hydrazine groups is 1. The molecular formula is C15H21N3O7. The predicted octanol–water partition coefficient (Wildman–Crippen LogP) is -2.85. The molecule has 0 bridgehead atoms. The first-order chi connectivity index (χ1) is 11.9. The molecule has 2 amide bonds. The number of hydrogen-bond acceptors (Lipinski definition) is 7. The molecule has 2 rings (SSSR count). The lowest BCUT2D eigenvalue weighted by Crippen LogP contribution is -2.92. The number of nitrogens with one attached hydrogen (secondary N) is 2. The van der Waals surface area contributed by atoms with E-state index in [4.69, 9.17) is 13.9 Å². The summed E-state index contributed by atoms with van der Waals surface area (Å²) in [7, 11) is 0. The van der Waals surface area contributed by atoms with Gasteiger partial charge in [-0.2, -0.15) is 0 Å². The van der Waals surface area contributed by atoms with Gasteiger partial charge in [0, 0.05) is 12.4 Å². The van der Waals surface area contributed by atoms with Gasteiger partial charge in [-0.25, -0.2) is 0 Å². The highest BCUT2D eigenvalue weighted by Gasteiger charge is 2.34. The molecule has 1 atom stereocenters. The third-order valence-electron chi connectivity index (χ3n) is 3.61.